The van der Waals surface area contributed by atoms with Crippen LogP contribution in [0.4, 0.5) is 0 Å². The molecule has 0 radical (unpaired) electrons. The van der Waals surface area contributed by atoms with E-state index in [-0.39, 0.29) is 154 Å². The molecule has 22 heavy (non-hydrogen) atoms. The van der Waals surface area contributed by atoms with Gasteiger partial charge >= 0.3 is 282 Å². The second-order valence-electron chi connectivity index (χ2n) is 1.86. The molecular formula is C6K3N6OsS6. The third-order valence-electron chi connectivity index (χ3n) is 1.08. The van der Waals surface area contributed by atoms with E-state index in [2.05, 4.69) is 0 Å². The summed E-state index contributed by atoms with van der Waals surface area (Å²) in [6, 6.07) is 0. The molecule has 0 atom stereocenters. The van der Waals surface area contributed by atoms with Crippen molar-refractivity contribution in [3.63, 3.8) is 0 Å². The molecule has 0 aromatic heterocycles. The molecule has 0 aliphatic heterocycles. The monoisotopic (exact) mass is 657 g/mol. The van der Waals surface area contributed by atoms with Gasteiger partial charge in [-0.1, -0.05) is 0 Å². The van der Waals surface area contributed by atoms with E-state index in [1.807, 2.05) is 0 Å². The third kappa shape index (κ3) is 8.30. The van der Waals surface area contributed by atoms with E-state index in [9.17, 15) is 0 Å². The first-order chi connectivity index (χ1) is 8.97. The van der Waals surface area contributed by atoms with Crippen LogP contribution in [0.2, 0.25) is 0 Å². The second kappa shape index (κ2) is 15.5. The molecular weight excluding hydrogens is 656 g/mol. The van der Waals surface area contributed by atoms with E-state index in [1.165, 1.54) is 0 Å². The van der Waals surface area contributed by atoms with Crippen molar-refractivity contribution in [2.45, 2.75) is 0 Å². The first kappa shape index (κ1) is 34.1. The molecule has 0 unspecified atom stereocenters. The van der Waals surface area contributed by atoms with Gasteiger partial charge in [0, 0.05) is 0 Å². The molecule has 0 aromatic rings. The Bertz CT molecular complexity index is 488. The van der Waals surface area contributed by atoms with Crippen molar-refractivity contribution in [1.29, 1.82) is 31.6 Å². The van der Waals surface area contributed by atoms with Crippen molar-refractivity contribution in [3.8, 4) is 32.4 Å². The predicted octanol–water partition coefficient (Wildman–Crippen LogP) is -5.00. The predicted molar refractivity (Wildman–Crippen MR) is 79.2 cm³/mol. The maximum atomic E-state index is 9.01. The van der Waals surface area contributed by atoms with Gasteiger partial charge in [0.2, 0.25) is 0 Å². The SMILES string of the molecule is N#C[S][Os-3]([S]C#N)([S]C#N)([S]C#N)([S]C#N)[S]C#N.[K+].[K+].[K+]. The van der Waals surface area contributed by atoms with Crippen LogP contribution in [0.5, 0.6) is 0 Å². The van der Waals surface area contributed by atoms with Crippen LogP contribution in [0.1, 0.15) is 0 Å². The Morgan fingerprint density at radius 1 is 0.409 bits per heavy atom. The van der Waals surface area contributed by atoms with Gasteiger partial charge in [-0.25, -0.2) is 0 Å². The van der Waals surface area contributed by atoms with Gasteiger partial charge < -0.3 is 0 Å². The van der Waals surface area contributed by atoms with Gasteiger partial charge in [-0.3, -0.25) is 0 Å². The van der Waals surface area contributed by atoms with Gasteiger partial charge in [-0.2, -0.15) is 0 Å². The first-order valence-corrected chi connectivity index (χ1v) is 26.3. The summed E-state index contributed by atoms with van der Waals surface area (Å²) in [6.45, 7) is 0. The summed E-state index contributed by atoms with van der Waals surface area (Å²) in [7, 11) is 3.25. The van der Waals surface area contributed by atoms with Gasteiger partial charge in [-0.15, -0.1) is 0 Å². The van der Waals surface area contributed by atoms with E-state index in [0.717, 1.165) is 0 Å². The largest absolute Gasteiger partial charge is 1.00 e. The third-order valence-corrected chi connectivity index (χ3v) is 69.9. The number of hydrogen-bond acceptors (Lipinski definition) is 12. The van der Waals surface area contributed by atoms with Crippen molar-refractivity contribution in [2.24, 2.45) is 0 Å². The first-order valence-electron chi connectivity index (χ1n) is 3.43. The second-order valence-corrected chi connectivity index (χ2v) is 77.4. The molecule has 0 aromatic carbocycles. The van der Waals surface area contributed by atoms with Crippen LogP contribution in [0.3, 0.4) is 0 Å². The summed E-state index contributed by atoms with van der Waals surface area (Å²) < 4.78 is 0. The minimum atomic E-state index is -5.55. The number of nitrogens with zero attached hydrogens (tertiary/aromatic N) is 6. The number of thiocyanates is 6. The van der Waals surface area contributed by atoms with Crippen molar-refractivity contribution >= 4 is 58.2 Å². The zero-order valence-electron chi connectivity index (χ0n) is 11.5. The molecule has 0 heterocycles. The van der Waals surface area contributed by atoms with Crippen molar-refractivity contribution in [1.82, 2.24) is 0 Å². The maximum Gasteiger partial charge on any atom is 1.00 e. The summed E-state index contributed by atoms with van der Waals surface area (Å²) in [5.74, 6) is 0. The van der Waals surface area contributed by atoms with E-state index in [1.54, 1.807) is 32.4 Å². The Morgan fingerprint density at radius 3 is 0.636 bits per heavy atom. The Kier molecular flexibility index (Phi) is 24.0. The van der Waals surface area contributed by atoms with Gasteiger partial charge in [-0.05, 0) is 0 Å². The summed E-state index contributed by atoms with van der Waals surface area (Å²) in [5.41, 5.74) is 0. The molecule has 16 heteroatoms. The zero-order chi connectivity index (χ0) is 14.9. The van der Waals surface area contributed by atoms with Gasteiger partial charge in [0.05, 0.1) is 0 Å². The summed E-state index contributed by atoms with van der Waals surface area (Å²) in [6.07, 6.45) is 0. The molecule has 0 spiro atoms. The molecule has 6 nitrogen and oxygen atoms in total. The van der Waals surface area contributed by atoms with Crippen molar-refractivity contribution in [3.05, 3.63) is 0 Å². The topological polar surface area (TPSA) is 143 Å². The zero-order valence-corrected chi connectivity index (χ0v) is 28.3. The molecule has 0 rings (SSSR count). The summed E-state index contributed by atoms with van der Waals surface area (Å²) in [5, 5.41) is 59.1. The van der Waals surface area contributed by atoms with E-state index < -0.39 is 5.27 Å². The van der Waals surface area contributed by atoms with Crippen LogP contribution in [0.25, 0.3) is 0 Å². The number of rotatable bonds is 6. The Balaban J connectivity index is -0.000000540. The van der Waals surface area contributed by atoms with Crippen molar-refractivity contribution < 1.29 is 159 Å². The fourth-order valence-electron chi connectivity index (χ4n) is 0.616. The van der Waals surface area contributed by atoms with Crippen LogP contribution in [0.15, 0.2) is 0 Å². The summed E-state index contributed by atoms with van der Waals surface area (Å²) >= 11 is 0. The standard InChI is InChI=1S/6CHNS.3K.Os/c6*2-1-3;;;;/h6*3H;;;;/q;;;;;;3*+1;+3/p-6. The van der Waals surface area contributed by atoms with E-state index >= 15 is 0 Å². The average molecular weight is 656 g/mol. The van der Waals surface area contributed by atoms with Crippen LogP contribution < -0.4 is 154 Å². The Hall–Kier alpha value is 4.59. The smallest absolute Gasteiger partial charge is 1.00 e. The molecule has 0 amide bonds. The number of hydrogen-bond donors (Lipinski definition) is 0. The molecule has 0 saturated heterocycles. The average Bonchev–Trinajstić information content (AvgIpc) is 2.31. The quantitative estimate of drug-likeness (QED) is 0.200. The van der Waals surface area contributed by atoms with E-state index in [4.69, 9.17) is 31.6 Å². The minimum Gasteiger partial charge on any atom is 1.00 e. The molecule has 0 aliphatic rings. The maximum absolute atomic E-state index is 9.01. The molecule has 0 aliphatic carbocycles. The number of nitriles is 6. The minimum absolute atomic E-state index is 0. The fraction of sp³-hybridized carbons (Fsp3) is 0. The Morgan fingerprint density at radius 2 is 0.545 bits per heavy atom. The van der Waals surface area contributed by atoms with Crippen molar-refractivity contribution in [2.75, 3.05) is 0 Å². The van der Waals surface area contributed by atoms with Crippen LogP contribution in [-0.2, 0) is 5.27 Å². The molecule has 101 valence electrons. The molecule has 0 saturated carbocycles. The van der Waals surface area contributed by atoms with E-state index in [0.29, 0.717) is 58.2 Å². The normalized spacial score (nSPS) is 11.2. The van der Waals surface area contributed by atoms with Gasteiger partial charge in [0.25, 0.3) is 0 Å². The molecule has 0 fully saturated rings. The van der Waals surface area contributed by atoms with Crippen LogP contribution in [-0.4, -0.2) is 0 Å². The van der Waals surface area contributed by atoms with Gasteiger partial charge in [0.15, 0.2) is 0 Å². The van der Waals surface area contributed by atoms with Crippen LogP contribution in [0, 0.1) is 64.0 Å². The van der Waals surface area contributed by atoms with Gasteiger partial charge in [0.1, 0.15) is 0 Å². The van der Waals surface area contributed by atoms with Crippen LogP contribution >= 0.6 is 58.2 Å². The molecule has 0 bridgehead atoms. The Labute approximate surface area is 273 Å². The fourth-order valence-corrected chi connectivity index (χ4v) is 45.4. The molecule has 0 N–H and O–H groups in total. The summed E-state index contributed by atoms with van der Waals surface area (Å²) in [4.78, 5) is 0.